The van der Waals surface area contributed by atoms with Gasteiger partial charge in [-0.05, 0) is 30.1 Å². The van der Waals surface area contributed by atoms with Crippen LogP contribution < -0.4 is 0 Å². The summed E-state index contributed by atoms with van der Waals surface area (Å²) < 4.78 is 0. The lowest BCUT2D eigenvalue weighted by molar-refractivity contribution is 0.111. The quantitative estimate of drug-likeness (QED) is 0.215. The molecule has 0 amide bonds. The molecule has 2 unspecified atom stereocenters. The van der Waals surface area contributed by atoms with E-state index in [-0.39, 0.29) is 0 Å². The lowest BCUT2D eigenvalue weighted by Gasteiger charge is -2.39. The maximum absolute atomic E-state index is 2.58. The summed E-state index contributed by atoms with van der Waals surface area (Å²) in [6.45, 7) is 14.7. The fourth-order valence-corrected chi connectivity index (χ4v) is 4.70. The first-order valence-corrected chi connectivity index (χ1v) is 12.0. The van der Waals surface area contributed by atoms with E-state index >= 15 is 0 Å². The molecule has 0 bridgehead atoms. The molecule has 0 aromatic rings. The first-order chi connectivity index (χ1) is 12.0. The highest BCUT2D eigenvalue weighted by Crippen LogP contribution is 2.42. The standard InChI is InChI=1S/C25H52/c1-7-10-13-15-18-21-24(23(4)20-17-12-9-3)25(5,6)22-19-16-14-11-8-2/h23-24H,7-22H2,1-6H3. The molecule has 0 nitrogen and oxygen atoms in total. The molecule has 0 heterocycles. The molecule has 0 heteroatoms. The van der Waals surface area contributed by atoms with Crippen LogP contribution >= 0.6 is 0 Å². The van der Waals surface area contributed by atoms with E-state index < -0.39 is 0 Å². The lowest BCUT2D eigenvalue weighted by Crippen LogP contribution is -2.30. The first kappa shape index (κ1) is 25.0. The van der Waals surface area contributed by atoms with Crippen molar-refractivity contribution in [3.05, 3.63) is 0 Å². The summed E-state index contributed by atoms with van der Waals surface area (Å²) in [5.41, 5.74) is 0.530. The van der Waals surface area contributed by atoms with E-state index in [1.165, 1.54) is 103 Å². The summed E-state index contributed by atoms with van der Waals surface area (Å²) in [4.78, 5) is 0. The van der Waals surface area contributed by atoms with Gasteiger partial charge in [-0.25, -0.2) is 0 Å². The van der Waals surface area contributed by atoms with Crippen molar-refractivity contribution >= 4 is 0 Å². The van der Waals surface area contributed by atoms with Crippen LogP contribution in [0.5, 0.6) is 0 Å². The van der Waals surface area contributed by atoms with Crippen LogP contribution in [0.2, 0.25) is 0 Å². The Kier molecular flexibility index (Phi) is 16.2. The number of hydrogen-bond acceptors (Lipinski definition) is 0. The third-order valence-corrected chi connectivity index (χ3v) is 6.50. The van der Waals surface area contributed by atoms with E-state index in [1.807, 2.05) is 0 Å². The zero-order valence-electron chi connectivity index (χ0n) is 19.0. The minimum absolute atomic E-state index is 0.530. The molecule has 25 heavy (non-hydrogen) atoms. The van der Waals surface area contributed by atoms with E-state index in [4.69, 9.17) is 0 Å². The average Bonchev–Trinajstić information content (AvgIpc) is 2.57. The molecule has 0 saturated heterocycles. The molecule has 0 aliphatic rings. The summed E-state index contributed by atoms with van der Waals surface area (Å²) in [5, 5.41) is 0. The van der Waals surface area contributed by atoms with Crippen LogP contribution in [0.4, 0.5) is 0 Å². The number of unbranched alkanes of at least 4 members (excludes halogenated alkanes) is 10. The Labute approximate surface area is 161 Å². The zero-order chi connectivity index (χ0) is 19.0. The maximum atomic E-state index is 2.58. The highest BCUT2D eigenvalue weighted by molar-refractivity contribution is 4.82. The van der Waals surface area contributed by atoms with Gasteiger partial charge < -0.3 is 0 Å². The molecule has 2 atom stereocenters. The van der Waals surface area contributed by atoms with Crippen LogP contribution in [0.3, 0.4) is 0 Å². The molecule has 0 aromatic heterocycles. The summed E-state index contributed by atoms with van der Waals surface area (Å²) in [6, 6.07) is 0. The highest BCUT2D eigenvalue weighted by atomic mass is 14.4. The summed E-state index contributed by atoms with van der Waals surface area (Å²) >= 11 is 0. The third-order valence-electron chi connectivity index (χ3n) is 6.50. The van der Waals surface area contributed by atoms with E-state index in [0.29, 0.717) is 5.41 Å². The van der Waals surface area contributed by atoms with Gasteiger partial charge in [0.2, 0.25) is 0 Å². The van der Waals surface area contributed by atoms with Gasteiger partial charge in [0.1, 0.15) is 0 Å². The van der Waals surface area contributed by atoms with Gasteiger partial charge in [-0.2, -0.15) is 0 Å². The second-order valence-electron chi connectivity index (χ2n) is 9.44. The van der Waals surface area contributed by atoms with Crippen molar-refractivity contribution in [1.82, 2.24) is 0 Å². The topological polar surface area (TPSA) is 0 Å². The summed E-state index contributed by atoms with van der Waals surface area (Å²) in [5.74, 6) is 1.83. The van der Waals surface area contributed by atoms with Gasteiger partial charge in [0.15, 0.2) is 0 Å². The Morgan fingerprint density at radius 3 is 1.56 bits per heavy atom. The molecule has 0 fully saturated rings. The van der Waals surface area contributed by atoms with Gasteiger partial charge in [-0.15, -0.1) is 0 Å². The molecular formula is C25H52. The zero-order valence-corrected chi connectivity index (χ0v) is 19.0. The van der Waals surface area contributed by atoms with Crippen molar-refractivity contribution in [3.8, 4) is 0 Å². The van der Waals surface area contributed by atoms with Gasteiger partial charge in [0.05, 0.1) is 0 Å². The van der Waals surface area contributed by atoms with Crippen molar-refractivity contribution in [2.45, 2.75) is 144 Å². The van der Waals surface area contributed by atoms with Gasteiger partial charge in [0.25, 0.3) is 0 Å². The van der Waals surface area contributed by atoms with Crippen LogP contribution in [0.15, 0.2) is 0 Å². The van der Waals surface area contributed by atoms with Crippen LogP contribution in [-0.2, 0) is 0 Å². The van der Waals surface area contributed by atoms with Crippen molar-refractivity contribution in [2.75, 3.05) is 0 Å². The van der Waals surface area contributed by atoms with Crippen molar-refractivity contribution < 1.29 is 0 Å². The summed E-state index contributed by atoms with van der Waals surface area (Å²) in [6.07, 6.45) is 22.9. The van der Waals surface area contributed by atoms with Gasteiger partial charge in [0, 0.05) is 0 Å². The molecule has 0 radical (unpaired) electrons. The highest BCUT2D eigenvalue weighted by Gasteiger charge is 2.32. The smallest absolute Gasteiger partial charge is 0.0323 e. The monoisotopic (exact) mass is 352 g/mol. The van der Waals surface area contributed by atoms with Crippen molar-refractivity contribution in [1.29, 1.82) is 0 Å². The van der Waals surface area contributed by atoms with Gasteiger partial charge in [-0.1, -0.05) is 131 Å². The molecule has 0 rings (SSSR count). The minimum Gasteiger partial charge on any atom is -0.0654 e. The normalized spacial score (nSPS) is 14.6. The molecule has 0 aliphatic carbocycles. The largest absolute Gasteiger partial charge is 0.0654 e. The van der Waals surface area contributed by atoms with E-state index in [9.17, 15) is 0 Å². The minimum atomic E-state index is 0.530. The Morgan fingerprint density at radius 1 is 0.560 bits per heavy atom. The Morgan fingerprint density at radius 2 is 1.00 bits per heavy atom. The lowest BCUT2D eigenvalue weighted by atomic mass is 9.66. The molecule has 0 saturated carbocycles. The van der Waals surface area contributed by atoms with Crippen LogP contribution in [0, 0.1) is 17.3 Å². The molecule has 0 aliphatic heterocycles. The predicted octanol–water partition coefficient (Wildman–Crippen LogP) is 9.57. The number of hydrogen-bond donors (Lipinski definition) is 0. The Bertz CT molecular complexity index is 265. The van der Waals surface area contributed by atoms with E-state index in [2.05, 4.69) is 41.5 Å². The fourth-order valence-electron chi connectivity index (χ4n) is 4.70. The molecule has 152 valence electrons. The average molecular weight is 353 g/mol. The van der Waals surface area contributed by atoms with Gasteiger partial charge >= 0.3 is 0 Å². The molecule has 0 N–H and O–H groups in total. The van der Waals surface area contributed by atoms with Crippen molar-refractivity contribution in [2.24, 2.45) is 17.3 Å². The van der Waals surface area contributed by atoms with Crippen molar-refractivity contribution in [3.63, 3.8) is 0 Å². The SMILES string of the molecule is CCCCCCCC(C(C)CCCCC)C(C)(C)CCCCCCC. The predicted molar refractivity (Wildman–Crippen MR) is 117 cm³/mol. The molecular weight excluding hydrogens is 300 g/mol. The first-order valence-electron chi connectivity index (χ1n) is 12.0. The number of rotatable bonds is 18. The second-order valence-corrected chi connectivity index (χ2v) is 9.44. The summed E-state index contributed by atoms with van der Waals surface area (Å²) in [7, 11) is 0. The van der Waals surface area contributed by atoms with E-state index in [1.54, 1.807) is 0 Å². The van der Waals surface area contributed by atoms with Crippen LogP contribution in [0.25, 0.3) is 0 Å². The molecule has 0 aromatic carbocycles. The Balaban J connectivity index is 4.48. The fraction of sp³-hybridized carbons (Fsp3) is 1.00. The van der Waals surface area contributed by atoms with Gasteiger partial charge in [-0.3, -0.25) is 0 Å². The Hall–Kier alpha value is 0. The molecule has 0 spiro atoms. The second kappa shape index (κ2) is 16.2. The maximum Gasteiger partial charge on any atom is -0.0323 e. The van der Waals surface area contributed by atoms with Crippen LogP contribution in [-0.4, -0.2) is 0 Å². The third kappa shape index (κ3) is 12.9. The van der Waals surface area contributed by atoms with E-state index in [0.717, 1.165) is 11.8 Å². The van der Waals surface area contributed by atoms with Crippen LogP contribution in [0.1, 0.15) is 144 Å².